The Morgan fingerprint density at radius 1 is 1.33 bits per heavy atom. The Bertz CT molecular complexity index is 815. The van der Waals surface area contributed by atoms with E-state index in [0.29, 0.717) is 11.3 Å². The number of benzene rings is 1. The second kappa shape index (κ2) is 7.13. The van der Waals surface area contributed by atoms with Gasteiger partial charge in [0.2, 0.25) is 0 Å². The minimum absolute atomic E-state index is 0.0718. The zero-order valence-corrected chi connectivity index (χ0v) is 15.2. The number of nitrogens with one attached hydrogen (secondary N) is 2. The third-order valence-electron chi connectivity index (χ3n) is 4.42. The summed E-state index contributed by atoms with van der Waals surface area (Å²) in [6.45, 7) is 3.56. The van der Waals surface area contributed by atoms with Crippen LogP contribution in [-0.4, -0.2) is 35.0 Å². The van der Waals surface area contributed by atoms with Gasteiger partial charge in [-0.2, -0.15) is 18.3 Å². The van der Waals surface area contributed by atoms with E-state index in [1.54, 1.807) is 38.1 Å². The summed E-state index contributed by atoms with van der Waals surface area (Å²) in [5, 5.41) is 9.58. The summed E-state index contributed by atoms with van der Waals surface area (Å²) >= 11 is 0. The first-order chi connectivity index (χ1) is 12.7. The fraction of sp³-hybridized carbons (Fsp3) is 0.444. The maximum Gasteiger partial charge on any atom is 0.410 e. The average molecular weight is 382 g/mol. The molecule has 1 aliphatic rings. The average Bonchev–Trinajstić information content (AvgIpc) is 3.03. The van der Waals surface area contributed by atoms with Gasteiger partial charge in [-0.1, -0.05) is 12.1 Å². The maximum absolute atomic E-state index is 13.6. The van der Waals surface area contributed by atoms with Crippen LogP contribution in [0.5, 0.6) is 5.75 Å². The molecule has 0 saturated heterocycles. The van der Waals surface area contributed by atoms with Gasteiger partial charge in [-0.05, 0) is 31.5 Å². The molecule has 1 aromatic heterocycles. The molecule has 1 aliphatic heterocycles. The van der Waals surface area contributed by atoms with Gasteiger partial charge in [0.1, 0.15) is 17.1 Å². The Balaban J connectivity index is 1.99. The van der Waals surface area contributed by atoms with Crippen LogP contribution in [0.4, 0.5) is 19.0 Å². The summed E-state index contributed by atoms with van der Waals surface area (Å²) in [4.78, 5) is 12.4. The summed E-state index contributed by atoms with van der Waals surface area (Å²) < 4.78 is 46.9. The lowest BCUT2D eigenvalue weighted by molar-refractivity contribution is -0.173. The number of nitrogens with zero attached hydrogens (tertiary/aromatic N) is 2. The van der Waals surface area contributed by atoms with Crippen molar-refractivity contribution in [3.63, 3.8) is 0 Å². The predicted octanol–water partition coefficient (Wildman–Crippen LogP) is 3.69. The van der Waals surface area contributed by atoms with Crippen LogP contribution in [0.1, 0.15) is 48.3 Å². The molecule has 1 amide bonds. The second-order valence-corrected chi connectivity index (χ2v) is 6.74. The number of aromatic nitrogens is 2. The number of fused-ring (bicyclic) bond motifs is 1. The van der Waals surface area contributed by atoms with Crippen molar-refractivity contribution in [2.75, 3.05) is 12.4 Å². The van der Waals surface area contributed by atoms with Crippen molar-refractivity contribution in [3.8, 4) is 5.75 Å². The SMILES string of the molecule is COc1ccc([C@@H]2C[C@@H](C(F)(F)F)n3ncc(C(=O)NC(C)C)c3N2)cc1. The van der Waals surface area contributed by atoms with Crippen LogP contribution >= 0.6 is 0 Å². The molecule has 0 aliphatic carbocycles. The van der Waals surface area contributed by atoms with Crippen molar-refractivity contribution < 1.29 is 22.7 Å². The molecule has 27 heavy (non-hydrogen) atoms. The molecule has 2 N–H and O–H groups in total. The van der Waals surface area contributed by atoms with Gasteiger partial charge in [-0.3, -0.25) is 4.79 Å². The Morgan fingerprint density at radius 3 is 2.56 bits per heavy atom. The maximum atomic E-state index is 13.6. The number of halogens is 3. The Morgan fingerprint density at radius 2 is 2.00 bits per heavy atom. The van der Waals surface area contributed by atoms with E-state index < -0.39 is 24.2 Å². The molecule has 0 bridgehead atoms. The summed E-state index contributed by atoms with van der Waals surface area (Å²) in [7, 11) is 1.52. The van der Waals surface area contributed by atoms with Gasteiger partial charge < -0.3 is 15.4 Å². The molecule has 0 radical (unpaired) electrons. The van der Waals surface area contributed by atoms with Crippen molar-refractivity contribution in [2.45, 2.75) is 44.6 Å². The minimum Gasteiger partial charge on any atom is -0.497 e. The Kier molecular flexibility index (Phi) is 5.03. The minimum atomic E-state index is -4.49. The molecular weight excluding hydrogens is 361 g/mol. The number of alkyl halides is 3. The Labute approximate surface area is 154 Å². The normalized spacial score (nSPS) is 19.4. The lowest BCUT2D eigenvalue weighted by Crippen LogP contribution is -2.37. The van der Waals surface area contributed by atoms with Gasteiger partial charge in [0.25, 0.3) is 5.91 Å². The van der Waals surface area contributed by atoms with Crippen molar-refractivity contribution in [3.05, 3.63) is 41.6 Å². The number of amides is 1. The quantitative estimate of drug-likeness (QED) is 0.846. The molecule has 6 nitrogen and oxygen atoms in total. The molecule has 9 heteroatoms. The topological polar surface area (TPSA) is 68.2 Å². The largest absolute Gasteiger partial charge is 0.497 e. The van der Waals surface area contributed by atoms with Crippen LogP contribution in [0.25, 0.3) is 0 Å². The summed E-state index contributed by atoms with van der Waals surface area (Å²) in [6.07, 6.45) is -3.54. The smallest absolute Gasteiger partial charge is 0.410 e. The second-order valence-electron chi connectivity index (χ2n) is 6.74. The standard InChI is InChI=1S/C18H21F3N4O2/c1-10(2)23-17(26)13-9-22-25-15(18(19,20)21)8-14(24-16(13)25)11-4-6-12(27-3)7-5-11/h4-7,9-10,14-15,24H,8H2,1-3H3,(H,23,26)/t14-,15-/m0/s1. The molecule has 146 valence electrons. The molecule has 2 aromatic rings. The zero-order chi connectivity index (χ0) is 19.8. The molecule has 3 rings (SSSR count). The zero-order valence-electron chi connectivity index (χ0n) is 15.2. The highest BCUT2D eigenvalue weighted by molar-refractivity contribution is 5.99. The van der Waals surface area contributed by atoms with E-state index in [4.69, 9.17) is 4.74 Å². The van der Waals surface area contributed by atoms with Crippen LogP contribution in [0, 0.1) is 0 Å². The van der Waals surface area contributed by atoms with Gasteiger partial charge in [-0.25, -0.2) is 4.68 Å². The number of carbonyl (C=O) groups excluding carboxylic acids is 1. The van der Waals surface area contributed by atoms with Crippen molar-refractivity contribution in [1.82, 2.24) is 15.1 Å². The van der Waals surface area contributed by atoms with Crippen LogP contribution in [0.2, 0.25) is 0 Å². The number of hydrogen-bond acceptors (Lipinski definition) is 4. The van der Waals surface area contributed by atoms with Gasteiger partial charge >= 0.3 is 6.18 Å². The van der Waals surface area contributed by atoms with Crippen molar-refractivity contribution in [1.29, 1.82) is 0 Å². The third-order valence-corrected chi connectivity index (χ3v) is 4.42. The monoisotopic (exact) mass is 382 g/mol. The summed E-state index contributed by atoms with van der Waals surface area (Å²) in [5.74, 6) is 0.224. The first-order valence-corrected chi connectivity index (χ1v) is 8.56. The van der Waals surface area contributed by atoms with Gasteiger partial charge in [0.05, 0.1) is 19.3 Å². The van der Waals surface area contributed by atoms with E-state index in [-0.39, 0.29) is 23.8 Å². The number of rotatable bonds is 4. The third kappa shape index (κ3) is 3.86. The number of carbonyl (C=O) groups is 1. The fourth-order valence-corrected chi connectivity index (χ4v) is 3.12. The van der Waals surface area contributed by atoms with Crippen LogP contribution in [0.3, 0.4) is 0 Å². The number of ether oxygens (including phenoxy) is 1. The lowest BCUT2D eigenvalue weighted by Gasteiger charge is -2.34. The van der Waals surface area contributed by atoms with Crippen LogP contribution in [-0.2, 0) is 0 Å². The fourth-order valence-electron chi connectivity index (χ4n) is 3.12. The molecule has 1 aromatic carbocycles. The predicted molar refractivity (Wildman–Crippen MR) is 93.9 cm³/mol. The van der Waals surface area contributed by atoms with Gasteiger partial charge in [0, 0.05) is 12.5 Å². The van der Waals surface area contributed by atoms with Gasteiger partial charge in [-0.15, -0.1) is 0 Å². The number of methoxy groups -OCH3 is 1. The van der Waals surface area contributed by atoms with Crippen LogP contribution < -0.4 is 15.4 Å². The summed E-state index contributed by atoms with van der Waals surface area (Å²) in [5.41, 5.74) is 0.767. The molecular formula is C18H21F3N4O2. The molecule has 0 spiro atoms. The van der Waals surface area contributed by atoms with Crippen molar-refractivity contribution in [2.24, 2.45) is 0 Å². The molecule has 0 saturated carbocycles. The van der Waals surface area contributed by atoms with E-state index in [1.165, 1.54) is 13.3 Å². The highest BCUT2D eigenvalue weighted by atomic mass is 19.4. The molecule has 2 heterocycles. The highest BCUT2D eigenvalue weighted by Gasteiger charge is 2.47. The number of hydrogen-bond donors (Lipinski definition) is 2. The first kappa shape index (κ1) is 19.1. The van der Waals surface area contributed by atoms with E-state index in [9.17, 15) is 18.0 Å². The Hall–Kier alpha value is -2.71. The van der Waals surface area contributed by atoms with Crippen molar-refractivity contribution >= 4 is 11.7 Å². The lowest BCUT2D eigenvalue weighted by atomic mass is 9.96. The highest BCUT2D eigenvalue weighted by Crippen LogP contribution is 2.44. The molecule has 2 atom stereocenters. The first-order valence-electron chi connectivity index (χ1n) is 8.56. The molecule has 0 unspecified atom stereocenters. The van der Waals surface area contributed by atoms with E-state index in [1.807, 2.05) is 0 Å². The number of anilines is 1. The van der Waals surface area contributed by atoms with E-state index >= 15 is 0 Å². The van der Waals surface area contributed by atoms with E-state index in [2.05, 4.69) is 15.7 Å². The van der Waals surface area contributed by atoms with Crippen LogP contribution in [0.15, 0.2) is 30.5 Å². The molecule has 0 fully saturated rings. The van der Waals surface area contributed by atoms with Gasteiger partial charge in [0.15, 0.2) is 6.04 Å². The summed E-state index contributed by atoms with van der Waals surface area (Å²) in [6, 6.07) is 4.23. The van der Waals surface area contributed by atoms with E-state index in [0.717, 1.165) is 4.68 Å².